The van der Waals surface area contributed by atoms with Crippen LogP contribution in [0.4, 0.5) is 0 Å². The fourth-order valence-corrected chi connectivity index (χ4v) is 3.51. The minimum Gasteiger partial charge on any atom is -0.349 e. The molecular formula is C15H24N4O2S. The lowest BCUT2D eigenvalue weighted by molar-refractivity contribution is -0.133. The van der Waals surface area contributed by atoms with Crippen molar-refractivity contribution in [2.45, 2.75) is 45.7 Å². The van der Waals surface area contributed by atoms with E-state index in [0.29, 0.717) is 24.6 Å². The van der Waals surface area contributed by atoms with Crippen molar-refractivity contribution in [3.8, 4) is 0 Å². The van der Waals surface area contributed by atoms with Crippen molar-refractivity contribution in [2.24, 2.45) is 11.7 Å². The van der Waals surface area contributed by atoms with Gasteiger partial charge in [-0.15, -0.1) is 0 Å². The number of aromatic nitrogens is 1. The molecule has 2 atom stereocenters. The van der Waals surface area contributed by atoms with E-state index in [4.69, 9.17) is 5.73 Å². The highest BCUT2D eigenvalue weighted by Crippen LogP contribution is 2.21. The normalized spacial score (nSPS) is 18.8. The zero-order valence-corrected chi connectivity index (χ0v) is 14.2. The number of nitrogens with zero attached hydrogens (tertiary/aromatic N) is 2. The second kappa shape index (κ2) is 7.19. The average molecular weight is 324 g/mol. The summed E-state index contributed by atoms with van der Waals surface area (Å²) >= 11 is 1.30. The van der Waals surface area contributed by atoms with Crippen LogP contribution in [0.5, 0.6) is 0 Å². The monoisotopic (exact) mass is 324 g/mol. The molecule has 1 saturated heterocycles. The largest absolute Gasteiger partial charge is 0.349 e. The summed E-state index contributed by atoms with van der Waals surface area (Å²) in [7, 11) is 0. The Bertz CT molecular complexity index is 535. The molecule has 22 heavy (non-hydrogen) atoms. The number of likely N-dealkylation sites (tertiary alicyclic amines) is 1. The minimum atomic E-state index is -0.442. The van der Waals surface area contributed by atoms with Crippen molar-refractivity contribution in [2.75, 3.05) is 13.1 Å². The molecule has 1 aliphatic heterocycles. The number of aryl methyl sites for hydroxylation is 1. The SMILES string of the molecule is Cc1nscc1C(=O)NC(C)C1CCN(C(=O)[C@H](C)N)CC1. The molecule has 0 bridgehead atoms. The summed E-state index contributed by atoms with van der Waals surface area (Å²) < 4.78 is 4.13. The molecule has 1 aromatic rings. The van der Waals surface area contributed by atoms with E-state index in [-0.39, 0.29) is 17.9 Å². The Morgan fingerprint density at radius 1 is 1.41 bits per heavy atom. The number of hydrogen-bond acceptors (Lipinski definition) is 5. The van der Waals surface area contributed by atoms with E-state index in [0.717, 1.165) is 18.5 Å². The molecule has 1 fully saturated rings. The van der Waals surface area contributed by atoms with Gasteiger partial charge in [0.25, 0.3) is 5.91 Å². The van der Waals surface area contributed by atoms with Crippen molar-refractivity contribution >= 4 is 23.3 Å². The Kier molecular flexibility index (Phi) is 5.52. The molecule has 122 valence electrons. The molecule has 2 rings (SSSR count). The first-order valence-corrected chi connectivity index (χ1v) is 8.50. The van der Waals surface area contributed by atoms with Crippen LogP contribution >= 0.6 is 11.5 Å². The second-order valence-corrected chi connectivity index (χ2v) is 6.66. The summed E-state index contributed by atoms with van der Waals surface area (Å²) in [6, 6.07) is -0.359. The number of piperidine rings is 1. The minimum absolute atomic E-state index is 0.00936. The molecule has 1 aliphatic rings. The molecule has 0 aliphatic carbocycles. The molecule has 0 radical (unpaired) electrons. The lowest BCUT2D eigenvalue weighted by Crippen LogP contribution is -2.49. The van der Waals surface area contributed by atoms with Crippen LogP contribution in [0, 0.1) is 12.8 Å². The number of carbonyl (C=O) groups is 2. The summed E-state index contributed by atoms with van der Waals surface area (Å²) in [4.78, 5) is 25.9. The highest BCUT2D eigenvalue weighted by Gasteiger charge is 2.28. The fraction of sp³-hybridized carbons (Fsp3) is 0.667. The molecular weight excluding hydrogens is 300 g/mol. The predicted molar refractivity (Wildman–Crippen MR) is 86.7 cm³/mol. The van der Waals surface area contributed by atoms with E-state index >= 15 is 0 Å². The molecule has 0 spiro atoms. The van der Waals surface area contributed by atoms with Crippen LogP contribution in [-0.2, 0) is 4.79 Å². The van der Waals surface area contributed by atoms with E-state index in [2.05, 4.69) is 9.69 Å². The maximum atomic E-state index is 12.2. The van der Waals surface area contributed by atoms with Gasteiger partial charge in [-0.3, -0.25) is 9.59 Å². The number of rotatable bonds is 4. The third kappa shape index (κ3) is 3.84. The third-order valence-electron chi connectivity index (χ3n) is 4.30. The van der Waals surface area contributed by atoms with Crippen LogP contribution in [0.2, 0.25) is 0 Å². The number of amides is 2. The summed E-state index contributed by atoms with van der Waals surface area (Å²) in [5.41, 5.74) is 7.07. The van der Waals surface area contributed by atoms with Gasteiger partial charge >= 0.3 is 0 Å². The third-order valence-corrected chi connectivity index (χ3v) is 5.02. The first kappa shape index (κ1) is 16.9. The first-order chi connectivity index (χ1) is 10.4. The van der Waals surface area contributed by atoms with Crippen molar-refractivity contribution in [1.29, 1.82) is 0 Å². The molecule has 2 heterocycles. The maximum Gasteiger partial charge on any atom is 0.254 e. The predicted octanol–water partition coefficient (Wildman–Crippen LogP) is 1.16. The standard InChI is InChI=1S/C15H24N4O2S/c1-9(16)15(21)19-6-4-12(5-7-19)10(2)17-14(20)13-8-22-18-11(13)3/h8-10,12H,4-7,16H2,1-3H3,(H,17,20)/t9-,10?/m0/s1. The highest BCUT2D eigenvalue weighted by molar-refractivity contribution is 7.03. The van der Waals surface area contributed by atoms with Crippen molar-refractivity contribution in [3.05, 3.63) is 16.6 Å². The molecule has 6 nitrogen and oxygen atoms in total. The van der Waals surface area contributed by atoms with Gasteiger partial charge in [-0.25, -0.2) is 0 Å². The molecule has 0 aromatic carbocycles. The molecule has 2 amide bonds. The van der Waals surface area contributed by atoms with Gasteiger partial charge in [-0.05, 0) is 51.1 Å². The van der Waals surface area contributed by atoms with Crippen LogP contribution in [0.25, 0.3) is 0 Å². The number of nitrogens with one attached hydrogen (secondary N) is 1. The van der Waals surface area contributed by atoms with Crippen molar-refractivity contribution in [1.82, 2.24) is 14.6 Å². The van der Waals surface area contributed by atoms with Crippen LogP contribution in [0.3, 0.4) is 0 Å². The quantitative estimate of drug-likeness (QED) is 0.870. The first-order valence-electron chi connectivity index (χ1n) is 7.66. The summed E-state index contributed by atoms with van der Waals surface area (Å²) in [6.07, 6.45) is 1.78. The Hall–Kier alpha value is -1.47. The van der Waals surface area contributed by atoms with Crippen LogP contribution < -0.4 is 11.1 Å². The van der Waals surface area contributed by atoms with Crippen LogP contribution in [-0.4, -0.2) is 46.3 Å². The van der Waals surface area contributed by atoms with E-state index in [9.17, 15) is 9.59 Å². The average Bonchev–Trinajstić information content (AvgIpc) is 2.92. The summed E-state index contributed by atoms with van der Waals surface area (Å²) in [5.74, 6) is 0.330. The zero-order chi connectivity index (χ0) is 16.3. The van der Waals surface area contributed by atoms with E-state index in [1.807, 2.05) is 18.7 Å². The van der Waals surface area contributed by atoms with E-state index in [1.54, 1.807) is 12.3 Å². The number of nitrogens with two attached hydrogens (primary N) is 1. The Labute approximate surface area is 135 Å². The Balaban J connectivity index is 1.85. The van der Waals surface area contributed by atoms with E-state index in [1.165, 1.54) is 11.5 Å². The van der Waals surface area contributed by atoms with Gasteiger partial charge in [-0.1, -0.05) is 0 Å². The van der Waals surface area contributed by atoms with Crippen molar-refractivity contribution < 1.29 is 9.59 Å². The van der Waals surface area contributed by atoms with Gasteiger partial charge in [0.1, 0.15) is 0 Å². The molecule has 1 aromatic heterocycles. The van der Waals surface area contributed by atoms with Gasteiger partial charge in [0.2, 0.25) is 5.91 Å². The highest BCUT2D eigenvalue weighted by atomic mass is 32.1. The summed E-state index contributed by atoms with van der Waals surface area (Å²) in [5, 5.41) is 4.84. The summed E-state index contributed by atoms with van der Waals surface area (Å²) in [6.45, 7) is 7.01. The van der Waals surface area contributed by atoms with Crippen LogP contribution in [0.1, 0.15) is 42.7 Å². The lowest BCUT2D eigenvalue weighted by atomic mass is 9.90. The van der Waals surface area contributed by atoms with Crippen molar-refractivity contribution in [3.63, 3.8) is 0 Å². The molecule has 0 saturated carbocycles. The van der Waals surface area contributed by atoms with Gasteiger partial charge in [-0.2, -0.15) is 4.37 Å². The van der Waals surface area contributed by atoms with Gasteiger partial charge < -0.3 is 16.0 Å². The van der Waals surface area contributed by atoms with Gasteiger partial charge in [0, 0.05) is 24.5 Å². The maximum absolute atomic E-state index is 12.2. The Morgan fingerprint density at radius 3 is 2.55 bits per heavy atom. The fourth-order valence-electron chi connectivity index (χ4n) is 2.82. The van der Waals surface area contributed by atoms with E-state index < -0.39 is 6.04 Å². The second-order valence-electron chi connectivity index (χ2n) is 6.03. The zero-order valence-electron chi connectivity index (χ0n) is 13.3. The van der Waals surface area contributed by atoms with Crippen LogP contribution in [0.15, 0.2) is 5.38 Å². The molecule has 1 unspecified atom stereocenters. The number of carbonyl (C=O) groups excluding carboxylic acids is 2. The Morgan fingerprint density at radius 2 is 2.05 bits per heavy atom. The smallest absolute Gasteiger partial charge is 0.254 e. The van der Waals surface area contributed by atoms with Gasteiger partial charge in [0.05, 0.1) is 17.3 Å². The molecule has 7 heteroatoms. The lowest BCUT2D eigenvalue weighted by Gasteiger charge is -2.35. The number of hydrogen-bond donors (Lipinski definition) is 2. The topological polar surface area (TPSA) is 88.3 Å². The molecule has 3 N–H and O–H groups in total. The van der Waals surface area contributed by atoms with Gasteiger partial charge in [0.15, 0.2) is 0 Å².